The van der Waals surface area contributed by atoms with Gasteiger partial charge in [0, 0.05) is 12.1 Å². The van der Waals surface area contributed by atoms with Gasteiger partial charge in [0.25, 0.3) is 5.91 Å². The molecule has 120 valence electrons. The first-order valence-electron chi connectivity index (χ1n) is 7.26. The molecule has 1 aliphatic rings. The van der Waals surface area contributed by atoms with Crippen molar-refractivity contribution in [1.82, 2.24) is 4.90 Å². The third-order valence-electron chi connectivity index (χ3n) is 4.23. The Morgan fingerprint density at radius 3 is 2.71 bits per heavy atom. The molecule has 0 radical (unpaired) electrons. The van der Waals surface area contributed by atoms with Crippen molar-refractivity contribution in [2.75, 3.05) is 7.05 Å². The van der Waals surface area contributed by atoms with Crippen molar-refractivity contribution in [2.45, 2.75) is 6.04 Å². The molecule has 0 unspecified atom stereocenters. The predicted molar refractivity (Wildman–Crippen MR) is 87.8 cm³/mol. The summed E-state index contributed by atoms with van der Waals surface area (Å²) in [6, 6.07) is 9.80. The Hall–Kier alpha value is -2.66. The van der Waals surface area contributed by atoms with E-state index in [4.69, 9.17) is 16.0 Å². The highest BCUT2D eigenvalue weighted by molar-refractivity contribution is 6.31. The monoisotopic (exact) mass is 343 g/mol. The van der Waals surface area contributed by atoms with Crippen molar-refractivity contribution in [3.05, 3.63) is 80.4 Å². The zero-order valence-corrected chi connectivity index (χ0v) is 13.3. The van der Waals surface area contributed by atoms with Gasteiger partial charge >= 0.3 is 0 Å². The first kappa shape index (κ1) is 14.9. The Bertz CT molecular complexity index is 1060. The predicted octanol–water partition coefficient (Wildman–Crippen LogP) is 3.76. The molecule has 0 aliphatic carbocycles. The molecule has 24 heavy (non-hydrogen) atoms. The van der Waals surface area contributed by atoms with E-state index in [9.17, 15) is 14.0 Å². The van der Waals surface area contributed by atoms with Gasteiger partial charge in [-0.2, -0.15) is 0 Å². The molecule has 6 heteroatoms. The van der Waals surface area contributed by atoms with Crippen LogP contribution in [0.4, 0.5) is 4.39 Å². The van der Waals surface area contributed by atoms with Crippen LogP contribution in [0.25, 0.3) is 11.0 Å². The maximum Gasteiger partial charge on any atom is 0.290 e. The average Bonchev–Trinajstić information content (AvgIpc) is 2.81. The summed E-state index contributed by atoms with van der Waals surface area (Å²) < 4.78 is 19.3. The minimum atomic E-state index is -0.692. The Morgan fingerprint density at radius 1 is 1.17 bits per heavy atom. The van der Waals surface area contributed by atoms with Crippen molar-refractivity contribution in [2.24, 2.45) is 0 Å². The summed E-state index contributed by atoms with van der Waals surface area (Å²) in [5, 5.41) is 0.695. The SMILES string of the molecule is CN1C(=O)c2oc3ccc(Cl)cc3c(=O)c2[C@H]1c1cccc(F)c1. The number of fused-ring (bicyclic) bond motifs is 2. The maximum absolute atomic E-state index is 13.6. The number of amides is 1. The molecular weight excluding hydrogens is 333 g/mol. The topological polar surface area (TPSA) is 50.5 Å². The highest BCUT2D eigenvalue weighted by atomic mass is 35.5. The second-order valence-corrected chi connectivity index (χ2v) is 6.12. The van der Waals surface area contributed by atoms with E-state index >= 15 is 0 Å². The van der Waals surface area contributed by atoms with Gasteiger partial charge in [-0.05, 0) is 35.9 Å². The van der Waals surface area contributed by atoms with E-state index in [0.717, 1.165) is 0 Å². The Balaban J connectivity index is 2.05. The molecule has 4 rings (SSSR count). The van der Waals surface area contributed by atoms with E-state index in [1.807, 2.05) is 0 Å². The summed E-state index contributed by atoms with van der Waals surface area (Å²) in [4.78, 5) is 26.8. The standard InChI is InChI=1S/C18H11ClFNO3/c1-21-15(9-3-2-4-11(20)7-9)14-16(22)12-8-10(19)5-6-13(12)24-17(14)18(21)23/h2-8,15H,1H3/t15-/m1/s1. The van der Waals surface area contributed by atoms with Crippen LogP contribution in [0.2, 0.25) is 5.02 Å². The van der Waals surface area contributed by atoms with E-state index in [-0.39, 0.29) is 16.8 Å². The number of rotatable bonds is 1. The largest absolute Gasteiger partial charge is 0.450 e. The average molecular weight is 344 g/mol. The first-order valence-corrected chi connectivity index (χ1v) is 7.64. The van der Waals surface area contributed by atoms with E-state index in [1.54, 1.807) is 31.3 Å². The van der Waals surface area contributed by atoms with Crippen molar-refractivity contribution in [3.63, 3.8) is 0 Å². The van der Waals surface area contributed by atoms with Crippen LogP contribution in [0.5, 0.6) is 0 Å². The molecular formula is C18H11ClFNO3. The van der Waals surface area contributed by atoms with Gasteiger partial charge < -0.3 is 9.32 Å². The van der Waals surface area contributed by atoms with Gasteiger partial charge in [0.05, 0.1) is 17.0 Å². The number of carbonyl (C=O) groups excluding carboxylic acids is 1. The lowest BCUT2D eigenvalue weighted by molar-refractivity contribution is 0.0771. The van der Waals surface area contributed by atoms with Crippen molar-refractivity contribution < 1.29 is 13.6 Å². The van der Waals surface area contributed by atoms with Crippen LogP contribution in [0.3, 0.4) is 0 Å². The molecule has 2 heterocycles. The lowest BCUT2D eigenvalue weighted by atomic mass is 9.99. The van der Waals surface area contributed by atoms with Gasteiger partial charge in [0.2, 0.25) is 5.76 Å². The fourth-order valence-electron chi connectivity index (χ4n) is 3.13. The molecule has 0 bridgehead atoms. The van der Waals surface area contributed by atoms with Gasteiger partial charge in [-0.1, -0.05) is 23.7 Å². The third kappa shape index (κ3) is 2.05. The molecule has 1 aliphatic heterocycles. The second kappa shape index (κ2) is 5.18. The summed E-state index contributed by atoms with van der Waals surface area (Å²) >= 11 is 5.97. The molecule has 1 aromatic heterocycles. The number of hydrogen-bond acceptors (Lipinski definition) is 3. The Kier molecular flexibility index (Phi) is 3.21. The van der Waals surface area contributed by atoms with Crippen molar-refractivity contribution >= 4 is 28.5 Å². The summed E-state index contributed by atoms with van der Waals surface area (Å²) in [5.74, 6) is -0.852. The molecule has 2 aromatic carbocycles. The molecule has 1 amide bonds. The van der Waals surface area contributed by atoms with Gasteiger partial charge in [-0.3, -0.25) is 9.59 Å². The zero-order valence-electron chi connectivity index (χ0n) is 12.5. The minimum Gasteiger partial charge on any atom is -0.450 e. The lowest BCUT2D eigenvalue weighted by Gasteiger charge is -2.20. The highest BCUT2D eigenvalue weighted by Gasteiger charge is 2.40. The van der Waals surface area contributed by atoms with Gasteiger partial charge in [-0.25, -0.2) is 4.39 Å². The maximum atomic E-state index is 13.6. The van der Waals surface area contributed by atoms with E-state index in [0.29, 0.717) is 21.6 Å². The summed E-state index contributed by atoms with van der Waals surface area (Å²) in [6.45, 7) is 0. The summed E-state index contributed by atoms with van der Waals surface area (Å²) in [6.07, 6.45) is 0. The van der Waals surface area contributed by atoms with Crippen LogP contribution in [0.1, 0.15) is 27.7 Å². The molecule has 3 aromatic rings. The number of nitrogens with zero attached hydrogens (tertiary/aromatic N) is 1. The molecule has 0 spiro atoms. The molecule has 4 nitrogen and oxygen atoms in total. The van der Waals surface area contributed by atoms with E-state index < -0.39 is 17.8 Å². The fourth-order valence-corrected chi connectivity index (χ4v) is 3.30. The lowest BCUT2D eigenvalue weighted by Crippen LogP contribution is -2.25. The van der Waals surface area contributed by atoms with E-state index in [2.05, 4.69) is 0 Å². The summed E-state index contributed by atoms with van der Waals surface area (Å²) in [7, 11) is 1.56. The van der Waals surface area contributed by atoms with Gasteiger partial charge in [0.15, 0.2) is 5.43 Å². The van der Waals surface area contributed by atoms with Crippen LogP contribution in [-0.2, 0) is 0 Å². The van der Waals surface area contributed by atoms with Crippen LogP contribution < -0.4 is 5.43 Å². The van der Waals surface area contributed by atoms with Crippen molar-refractivity contribution in [3.8, 4) is 0 Å². The number of benzene rings is 2. The molecule has 0 fully saturated rings. The minimum absolute atomic E-state index is 0.00779. The van der Waals surface area contributed by atoms with Crippen LogP contribution in [0, 0.1) is 5.82 Å². The van der Waals surface area contributed by atoms with Crippen LogP contribution in [0.15, 0.2) is 51.7 Å². The number of hydrogen-bond donors (Lipinski definition) is 0. The van der Waals surface area contributed by atoms with Crippen molar-refractivity contribution in [1.29, 1.82) is 0 Å². The number of carbonyl (C=O) groups is 1. The molecule has 0 saturated heterocycles. The first-order chi connectivity index (χ1) is 11.5. The van der Waals surface area contributed by atoms with Crippen LogP contribution >= 0.6 is 11.6 Å². The zero-order chi connectivity index (χ0) is 17.0. The van der Waals surface area contributed by atoms with Crippen LogP contribution in [-0.4, -0.2) is 17.9 Å². The second-order valence-electron chi connectivity index (χ2n) is 5.69. The Morgan fingerprint density at radius 2 is 1.96 bits per heavy atom. The third-order valence-corrected chi connectivity index (χ3v) is 4.46. The summed E-state index contributed by atoms with van der Waals surface area (Å²) in [5.41, 5.74) is 0.687. The highest BCUT2D eigenvalue weighted by Crippen LogP contribution is 2.37. The van der Waals surface area contributed by atoms with E-state index in [1.165, 1.54) is 23.1 Å². The van der Waals surface area contributed by atoms with Gasteiger partial charge in [-0.15, -0.1) is 0 Å². The van der Waals surface area contributed by atoms with Gasteiger partial charge in [0.1, 0.15) is 11.4 Å². The quantitative estimate of drug-likeness (QED) is 0.676. The molecule has 0 N–H and O–H groups in total. The Labute approximate surface area is 141 Å². The molecule has 0 saturated carbocycles. The fraction of sp³-hybridized carbons (Fsp3) is 0.111. The normalized spacial score (nSPS) is 16.7. The number of halogens is 2. The smallest absolute Gasteiger partial charge is 0.290 e. The molecule has 1 atom stereocenters.